The van der Waals surface area contributed by atoms with E-state index >= 15 is 0 Å². The fourth-order valence-corrected chi connectivity index (χ4v) is 1.28. The van der Waals surface area contributed by atoms with Crippen molar-refractivity contribution < 1.29 is 9.53 Å². The summed E-state index contributed by atoms with van der Waals surface area (Å²) in [6.45, 7) is 9.00. The highest BCUT2D eigenvalue weighted by Gasteiger charge is 2.28. The SMILES string of the molecule is [B]c1cnc(C(C)(C)NC(=O)OC(C)(C)C)nc1. The summed E-state index contributed by atoms with van der Waals surface area (Å²) < 4.78 is 5.19. The van der Waals surface area contributed by atoms with E-state index in [1.54, 1.807) is 34.6 Å². The van der Waals surface area contributed by atoms with Crippen LogP contribution in [0, 0.1) is 0 Å². The van der Waals surface area contributed by atoms with E-state index in [2.05, 4.69) is 15.3 Å². The lowest BCUT2D eigenvalue weighted by Crippen LogP contribution is -2.45. The zero-order chi connectivity index (χ0) is 14.0. The van der Waals surface area contributed by atoms with Gasteiger partial charge in [-0.15, -0.1) is 0 Å². The average molecular weight is 247 g/mol. The van der Waals surface area contributed by atoms with Crippen molar-refractivity contribution in [1.29, 1.82) is 0 Å². The second-order valence-corrected chi connectivity index (χ2v) is 5.59. The molecule has 0 spiro atoms. The van der Waals surface area contributed by atoms with Crippen LogP contribution in [-0.2, 0) is 10.3 Å². The Hall–Kier alpha value is -1.59. The van der Waals surface area contributed by atoms with Gasteiger partial charge in [0.1, 0.15) is 13.4 Å². The molecule has 1 rings (SSSR count). The van der Waals surface area contributed by atoms with Crippen molar-refractivity contribution in [2.45, 2.75) is 45.8 Å². The maximum absolute atomic E-state index is 11.7. The first-order chi connectivity index (χ1) is 8.10. The first-order valence-electron chi connectivity index (χ1n) is 5.69. The summed E-state index contributed by atoms with van der Waals surface area (Å²) in [5.41, 5.74) is -0.787. The number of aromatic nitrogens is 2. The van der Waals surface area contributed by atoms with Crippen LogP contribution in [0.25, 0.3) is 0 Å². The lowest BCUT2D eigenvalue weighted by Gasteiger charge is -2.27. The Morgan fingerprint density at radius 3 is 2.17 bits per heavy atom. The highest BCUT2D eigenvalue weighted by molar-refractivity contribution is 6.31. The minimum atomic E-state index is -0.726. The van der Waals surface area contributed by atoms with Gasteiger partial charge in [0.25, 0.3) is 0 Å². The van der Waals surface area contributed by atoms with Gasteiger partial charge in [0.05, 0.1) is 5.54 Å². The topological polar surface area (TPSA) is 64.1 Å². The van der Waals surface area contributed by atoms with Gasteiger partial charge in [-0.3, -0.25) is 0 Å². The third-order valence-electron chi connectivity index (χ3n) is 2.04. The summed E-state index contributed by atoms with van der Waals surface area (Å²) in [6.07, 6.45) is 2.50. The van der Waals surface area contributed by atoms with E-state index in [-0.39, 0.29) is 0 Å². The molecular weight excluding hydrogens is 229 g/mol. The minimum absolute atomic E-state index is 0.475. The van der Waals surface area contributed by atoms with Crippen molar-refractivity contribution in [3.05, 3.63) is 18.2 Å². The minimum Gasteiger partial charge on any atom is -0.444 e. The molecule has 5 nitrogen and oxygen atoms in total. The van der Waals surface area contributed by atoms with Crippen LogP contribution in [0.4, 0.5) is 4.79 Å². The van der Waals surface area contributed by atoms with Gasteiger partial charge in [0, 0.05) is 12.4 Å². The molecule has 0 fully saturated rings. The average Bonchev–Trinajstić information content (AvgIpc) is 2.13. The molecule has 0 aromatic carbocycles. The van der Waals surface area contributed by atoms with Crippen molar-refractivity contribution in [2.75, 3.05) is 0 Å². The zero-order valence-electron chi connectivity index (χ0n) is 11.4. The molecule has 18 heavy (non-hydrogen) atoms. The van der Waals surface area contributed by atoms with E-state index in [4.69, 9.17) is 12.6 Å². The van der Waals surface area contributed by atoms with E-state index in [0.717, 1.165) is 0 Å². The highest BCUT2D eigenvalue weighted by Crippen LogP contribution is 2.16. The van der Waals surface area contributed by atoms with Gasteiger partial charge in [-0.1, -0.05) is 5.46 Å². The molecule has 0 aliphatic rings. The van der Waals surface area contributed by atoms with Gasteiger partial charge in [-0.25, -0.2) is 14.8 Å². The van der Waals surface area contributed by atoms with Crippen molar-refractivity contribution >= 4 is 19.4 Å². The second kappa shape index (κ2) is 4.96. The summed E-state index contributed by atoms with van der Waals surface area (Å²) >= 11 is 0. The molecule has 0 saturated heterocycles. The van der Waals surface area contributed by atoms with Gasteiger partial charge in [0.15, 0.2) is 5.82 Å². The lowest BCUT2D eigenvalue weighted by atomic mass is 10.00. The maximum atomic E-state index is 11.7. The Bertz CT molecular complexity index is 424. The van der Waals surface area contributed by atoms with Crippen LogP contribution < -0.4 is 10.8 Å². The molecule has 1 heterocycles. The fraction of sp³-hybridized carbons (Fsp3) is 0.583. The Labute approximate surface area is 109 Å². The Kier molecular flexibility index (Phi) is 3.99. The molecule has 1 amide bonds. The van der Waals surface area contributed by atoms with E-state index in [1.807, 2.05) is 0 Å². The molecule has 96 valence electrons. The number of rotatable bonds is 2. The Morgan fingerprint density at radius 2 is 1.72 bits per heavy atom. The number of nitrogens with zero attached hydrogens (tertiary/aromatic N) is 2. The summed E-state index contributed by atoms with van der Waals surface area (Å²) in [5.74, 6) is 0.475. The number of alkyl carbamates (subject to hydrolysis) is 1. The first kappa shape index (κ1) is 14.5. The summed E-state index contributed by atoms with van der Waals surface area (Å²) in [6, 6.07) is 0. The van der Waals surface area contributed by atoms with Gasteiger partial charge >= 0.3 is 6.09 Å². The first-order valence-corrected chi connectivity index (χ1v) is 5.69. The van der Waals surface area contributed by atoms with E-state index in [1.165, 1.54) is 12.4 Å². The third-order valence-corrected chi connectivity index (χ3v) is 2.04. The molecule has 0 saturated carbocycles. The number of hydrogen-bond acceptors (Lipinski definition) is 4. The van der Waals surface area contributed by atoms with Gasteiger partial charge in [-0.2, -0.15) is 0 Å². The summed E-state index contributed by atoms with van der Waals surface area (Å²) in [4.78, 5) is 19.9. The predicted octanol–water partition coefficient (Wildman–Crippen LogP) is 1.03. The van der Waals surface area contributed by atoms with Crippen LogP contribution in [0.2, 0.25) is 0 Å². The normalized spacial score (nSPS) is 12.1. The Morgan fingerprint density at radius 1 is 1.22 bits per heavy atom. The number of ether oxygens (including phenoxy) is 1. The second-order valence-electron chi connectivity index (χ2n) is 5.59. The van der Waals surface area contributed by atoms with Crippen LogP contribution >= 0.6 is 0 Å². The third kappa shape index (κ3) is 4.35. The maximum Gasteiger partial charge on any atom is 0.408 e. The smallest absolute Gasteiger partial charge is 0.408 e. The van der Waals surface area contributed by atoms with Gasteiger partial charge in [0.2, 0.25) is 0 Å². The molecule has 0 aliphatic heterocycles. The quantitative estimate of drug-likeness (QED) is 0.793. The standard InChI is InChI=1S/C12H18BN3O2/c1-11(2,3)18-10(17)16-12(4,5)9-14-6-8(13)7-15-9/h6-7H,1-5H3,(H,16,17). The van der Waals surface area contributed by atoms with Crippen LogP contribution in [-0.4, -0.2) is 29.5 Å². The van der Waals surface area contributed by atoms with Gasteiger partial charge < -0.3 is 10.1 Å². The number of carbonyl (C=O) groups is 1. The predicted molar refractivity (Wildman–Crippen MR) is 69.8 cm³/mol. The molecule has 2 radical (unpaired) electrons. The van der Waals surface area contributed by atoms with Crippen LogP contribution in [0.5, 0.6) is 0 Å². The van der Waals surface area contributed by atoms with Crippen molar-refractivity contribution in [1.82, 2.24) is 15.3 Å². The monoisotopic (exact) mass is 247 g/mol. The molecule has 0 unspecified atom stereocenters. The fourth-order valence-electron chi connectivity index (χ4n) is 1.28. The number of amides is 1. The van der Waals surface area contributed by atoms with Crippen LogP contribution in [0.1, 0.15) is 40.4 Å². The van der Waals surface area contributed by atoms with E-state index in [9.17, 15) is 4.79 Å². The molecule has 0 aliphatic carbocycles. The molecule has 0 atom stereocenters. The highest BCUT2D eigenvalue weighted by atomic mass is 16.6. The van der Waals surface area contributed by atoms with Crippen LogP contribution in [0.15, 0.2) is 12.4 Å². The van der Waals surface area contributed by atoms with Crippen molar-refractivity contribution in [3.63, 3.8) is 0 Å². The van der Waals surface area contributed by atoms with Crippen LogP contribution in [0.3, 0.4) is 0 Å². The number of hydrogen-bond donors (Lipinski definition) is 1. The van der Waals surface area contributed by atoms with E-state index < -0.39 is 17.2 Å². The molecule has 1 aromatic rings. The van der Waals surface area contributed by atoms with Crippen molar-refractivity contribution in [2.24, 2.45) is 0 Å². The van der Waals surface area contributed by atoms with Gasteiger partial charge in [-0.05, 0) is 34.6 Å². The molecule has 0 bridgehead atoms. The van der Waals surface area contributed by atoms with Crippen molar-refractivity contribution in [3.8, 4) is 0 Å². The Balaban J connectivity index is 2.75. The molecule has 1 aromatic heterocycles. The molecular formula is C12H18BN3O2. The molecule has 6 heteroatoms. The lowest BCUT2D eigenvalue weighted by molar-refractivity contribution is 0.0466. The molecule has 1 N–H and O–H groups in total. The summed E-state index contributed by atoms with van der Waals surface area (Å²) in [5, 5.41) is 2.72. The zero-order valence-corrected chi connectivity index (χ0v) is 11.4. The largest absolute Gasteiger partial charge is 0.444 e. The number of carbonyl (C=O) groups excluding carboxylic acids is 1. The summed E-state index contributed by atoms with van der Waals surface area (Å²) in [7, 11) is 5.52. The van der Waals surface area contributed by atoms with E-state index in [0.29, 0.717) is 11.3 Å². The number of nitrogens with one attached hydrogen (secondary N) is 1.